The molecule has 138 valence electrons. The molecule has 2 rings (SSSR count). The van der Waals surface area contributed by atoms with E-state index in [-0.39, 0.29) is 11.8 Å². The van der Waals surface area contributed by atoms with E-state index in [9.17, 15) is 9.59 Å². The van der Waals surface area contributed by atoms with Gasteiger partial charge in [-0.3, -0.25) is 9.59 Å². The van der Waals surface area contributed by atoms with E-state index < -0.39 is 0 Å². The van der Waals surface area contributed by atoms with Crippen molar-refractivity contribution in [3.63, 3.8) is 0 Å². The number of rotatable bonds is 8. The minimum atomic E-state index is -0.186. The van der Waals surface area contributed by atoms with E-state index in [1.807, 2.05) is 24.3 Å². The zero-order valence-corrected chi connectivity index (χ0v) is 15.6. The Morgan fingerprint density at radius 2 is 1.69 bits per heavy atom. The highest BCUT2D eigenvalue weighted by Crippen LogP contribution is 2.17. The Kier molecular flexibility index (Phi) is 7.21. The Bertz CT molecular complexity index is 741. The van der Waals surface area contributed by atoms with Crippen molar-refractivity contribution in [2.45, 2.75) is 26.3 Å². The van der Waals surface area contributed by atoms with Crippen LogP contribution in [0.2, 0.25) is 0 Å². The van der Waals surface area contributed by atoms with Gasteiger partial charge < -0.3 is 15.0 Å². The summed E-state index contributed by atoms with van der Waals surface area (Å²) in [4.78, 5) is 26.4. The van der Waals surface area contributed by atoms with E-state index >= 15 is 0 Å². The first kappa shape index (κ1) is 19.5. The lowest BCUT2D eigenvalue weighted by molar-refractivity contribution is 0.0792. The van der Waals surface area contributed by atoms with Crippen molar-refractivity contribution in [1.29, 1.82) is 0 Å². The van der Waals surface area contributed by atoms with Gasteiger partial charge in [0, 0.05) is 36.8 Å². The third-order valence-corrected chi connectivity index (χ3v) is 4.22. The molecule has 0 bridgehead atoms. The molecule has 2 amide bonds. The second-order valence-electron chi connectivity index (χ2n) is 6.15. The Hall–Kier alpha value is -2.82. The second kappa shape index (κ2) is 9.61. The highest BCUT2D eigenvalue weighted by Gasteiger charge is 2.13. The maximum Gasteiger partial charge on any atom is 0.253 e. The van der Waals surface area contributed by atoms with Crippen molar-refractivity contribution in [3.05, 3.63) is 65.2 Å². The fourth-order valence-electron chi connectivity index (χ4n) is 2.61. The van der Waals surface area contributed by atoms with Crippen LogP contribution in [0, 0.1) is 0 Å². The highest BCUT2D eigenvalue weighted by molar-refractivity contribution is 5.97. The van der Waals surface area contributed by atoms with Gasteiger partial charge in [0.05, 0.1) is 7.11 Å². The largest absolute Gasteiger partial charge is 0.496 e. The van der Waals surface area contributed by atoms with Crippen molar-refractivity contribution in [2.24, 2.45) is 0 Å². The van der Waals surface area contributed by atoms with Gasteiger partial charge in [0.1, 0.15) is 5.75 Å². The molecule has 0 aliphatic heterocycles. The summed E-state index contributed by atoms with van der Waals surface area (Å²) >= 11 is 0. The Balaban J connectivity index is 1.97. The van der Waals surface area contributed by atoms with Crippen LogP contribution in [0.25, 0.3) is 0 Å². The Morgan fingerprint density at radius 3 is 2.35 bits per heavy atom. The first-order chi connectivity index (χ1) is 12.6. The van der Waals surface area contributed by atoms with E-state index in [1.165, 1.54) is 0 Å². The molecule has 0 unspecified atom stereocenters. The number of carbonyl (C=O) groups is 2. The molecule has 0 spiro atoms. The number of para-hydroxylation sites is 1. The van der Waals surface area contributed by atoms with E-state index in [1.54, 1.807) is 43.3 Å². The molecular formula is C21H26N2O3. The van der Waals surface area contributed by atoms with Crippen LogP contribution in [0.4, 0.5) is 0 Å². The number of hydrogen-bond acceptors (Lipinski definition) is 3. The van der Waals surface area contributed by atoms with E-state index in [4.69, 9.17) is 4.74 Å². The van der Waals surface area contributed by atoms with Gasteiger partial charge in [-0.05, 0) is 36.8 Å². The standard InChI is InChI=1S/C21H26N2O3/c1-4-5-14-23(2)21(25)17-12-10-16(11-13-17)20(24)22-15-18-8-6-7-9-19(18)26-3/h6-13H,4-5,14-15H2,1-3H3,(H,22,24). The number of nitrogens with one attached hydrogen (secondary N) is 1. The zero-order chi connectivity index (χ0) is 18.9. The summed E-state index contributed by atoms with van der Waals surface area (Å²) < 4.78 is 5.28. The third-order valence-electron chi connectivity index (χ3n) is 4.22. The average molecular weight is 354 g/mol. The van der Waals surface area contributed by atoms with Crippen molar-refractivity contribution >= 4 is 11.8 Å². The lowest BCUT2D eigenvalue weighted by Gasteiger charge is -2.16. The number of carbonyl (C=O) groups excluding carboxylic acids is 2. The predicted molar refractivity (Wildman–Crippen MR) is 102 cm³/mol. The molecule has 0 aliphatic rings. The molecule has 1 N–H and O–H groups in total. The topological polar surface area (TPSA) is 58.6 Å². The van der Waals surface area contributed by atoms with Crippen molar-refractivity contribution in [1.82, 2.24) is 10.2 Å². The zero-order valence-electron chi connectivity index (χ0n) is 15.6. The number of amides is 2. The van der Waals surface area contributed by atoms with Crippen LogP contribution in [0.15, 0.2) is 48.5 Å². The quantitative estimate of drug-likeness (QED) is 0.789. The molecule has 0 heterocycles. The molecule has 0 aliphatic carbocycles. The average Bonchev–Trinajstić information content (AvgIpc) is 2.69. The van der Waals surface area contributed by atoms with E-state index in [0.717, 1.165) is 30.7 Å². The predicted octanol–water partition coefficient (Wildman–Crippen LogP) is 3.50. The van der Waals surface area contributed by atoms with Crippen LogP contribution in [-0.4, -0.2) is 37.4 Å². The number of benzene rings is 2. The van der Waals surface area contributed by atoms with Gasteiger partial charge in [-0.25, -0.2) is 0 Å². The summed E-state index contributed by atoms with van der Waals surface area (Å²) in [7, 11) is 3.40. The maximum atomic E-state index is 12.3. The molecular weight excluding hydrogens is 328 g/mol. The van der Waals surface area contributed by atoms with E-state index in [0.29, 0.717) is 17.7 Å². The first-order valence-electron chi connectivity index (χ1n) is 8.82. The van der Waals surface area contributed by atoms with E-state index in [2.05, 4.69) is 12.2 Å². The third kappa shape index (κ3) is 5.09. The Labute approximate surface area is 155 Å². The van der Waals surface area contributed by atoms with Gasteiger partial charge in [0.2, 0.25) is 0 Å². The fourth-order valence-corrected chi connectivity index (χ4v) is 2.61. The van der Waals surface area contributed by atoms with Crippen molar-refractivity contribution in [2.75, 3.05) is 20.7 Å². The molecule has 26 heavy (non-hydrogen) atoms. The summed E-state index contributed by atoms with van der Waals surface area (Å²) in [6, 6.07) is 14.3. The number of nitrogens with zero attached hydrogens (tertiary/aromatic N) is 1. The minimum Gasteiger partial charge on any atom is -0.496 e. The molecule has 0 radical (unpaired) electrons. The molecule has 0 saturated carbocycles. The molecule has 0 aromatic heterocycles. The van der Waals surface area contributed by atoms with Gasteiger partial charge in [-0.15, -0.1) is 0 Å². The minimum absolute atomic E-state index is 0.0283. The molecule has 0 atom stereocenters. The number of hydrogen-bond donors (Lipinski definition) is 1. The van der Waals surface area contributed by atoms with Gasteiger partial charge in [0.15, 0.2) is 0 Å². The van der Waals surface area contributed by atoms with Gasteiger partial charge in [-0.2, -0.15) is 0 Å². The smallest absolute Gasteiger partial charge is 0.253 e. The molecule has 2 aromatic carbocycles. The first-order valence-corrected chi connectivity index (χ1v) is 8.82. The van der Waals surface area contributed by atoms with Crippen LogP contribution in [-0.2, 0) is 6.54 Å². The molecule has 0 fully saturated rings. The molecule has 0 saturated heterocycles. The maximum absolute atomic E-state index is 12.3. The van der Waals surface area contributed by atoms with Crippen LogP contribution in [0.5, 0.6) is 5.75 Å². The summed E-state index contributed by atoms with van der Waals surface area (Å²) in [5, 5.41) is 2.88. The van der Waals surface area contributed by atoms with Crippen LogP contribution in [0.1, 0.15) is 46.0 Å². The number of ether oxygens (including phenoxy) is 1. The SMILES string of the molecule is CCCCN(C)C(=O)c1ccc(C(=O)NCc2ccccc2OC)cc1. The van der Waals surface area contributed by atoms with Crippen molar-refractivity contribution < 1.29 is 14.3 Å². The van der Waals surface area contributed by atoms with Crippen LogP contribution in [0.3, 0.4) is 0 Å². The summed E-state index contributed by atoms with van der Waals surface area (Å²) in [5.74, 6) is 0.525. The monoisotopic (exact) mass is 354 g/mol. The lowest BCUT2D eigenvalue weighted by atomic mass is 10.1. The molecule has 2 aromatic rings. The fraction of sp³-hybridized carbons (Fsp3) is 0.333. The molecule has 5 heteroatoms. The van der Waals surface area contributed by atoms with Crippen LogP contribution >= 0.6 is 0 Å². The van der Waals surface area contributed by atoms with Crippen LogP contribution < -0.4 is 10.1 Å². The van der Waals surface area contributed by atoms with Crippen molar-refractivity contribution in [3.8, 4) is 5.75 Å². The summed E-state index contributed by atoms with van der Waals surface area (Å²) in [5.41, 5.74) is 2.02. The van der Waals surface area contributed by atoms with Gasteiger partial charge in [0.25, 0.3) is 11.8 Å². The normalized spacial score (nSPS) is 10.3. The Morgan fingerprint density at radius 1 is 1.04 bits per heavy atom. The highest BCUT2D eigenvalue weighted by atomic mass is 16.5. The number of methoxy groups -OCH3 is 1. The molecule has 5 nitrogen and oxygen atoms in total. The number of unbranched alkanes of at least 4 members (excludes halogenated alkanes) is 1. The van der Waals surface area contributed by atoms with Gasteiger partial charge in [-0.1, -0.05) is 31.5 Å². The summed E-state index contributed by atoms with van der Waals surface area (Å²) in [6.07, 6.45) is 2.02. The summed E-state index contributed by atoms with van der Waals surface area (Å²) in [6.45, 7) is 3.20. The van der Waals surface area contributed by atoms with Gasteiger partial charge >= 0.3 is 0 Å². The lowest BCUT2D eigenvalue weighted by Crippen LogP contribution is -2.28. The second-order valence-corrected chi connectivity index (χ2v) is 6.15.